The van der Waals surface area contributed by atoms with E-state index in [1.807, 2.05) is 20.1 Å². The maximum absolute atomic E-state index is 15.2. The Balaban J connectivity index is 4.15. The van der Waals surface area contributed by atoms with Gasteiger partial charge in [0.05, 0.1) is 12.8 Å². The standard InChI is InChI=1S/C28H41FN8O2S/c1-9-17(2)26(20(14-30)15-33-5)27(39-7)28(36-24(32)12-18(3)31)35-19(4)37(16-25(38)34-6)23-11-10-21(40-8)13-22(23)29/h10-15H,9,16,30-31H2,1-8H3,(H2,32,36)(H,34,38)/b18-12-,20-14+,26-17+,28-27-,33-15?,35-19+. The zero-order chi connectivity index (χ0) is 30.4. The van der Waals surface area contributed by atoms with Crippen molar-refractivity contribution < 1.29 is 13.9 Å². The van der Waals surface area contributed by atoms with Gasteiger partial charge in [0.1, 0.15) is 24.0 Å². The molecular weight excluding hydrogens is 531 g/mol. The van der Waals surface area contributed by atoms with Gasteiger partial charge < -0.3 is 32.2 Å². The van der Waals surface area contributed by atoms with Crippen LogP contribution < -0.4 is 27.4 Å². The third-order valence-electron chi connectivity index (χ3n) is 5.62. The van der Waals surface area contributed by atoms with Crippen LogP contribution in [0, 0.1) is 5.82 Å². The van der Waals surface area contributed by atoms with E-state index in [0.29, 0.717) is 23.3 Å². The monoisotopic (exact) mass is 572 g/mol. The van der Waals surface area contributed by atoms with Gasteiger partial charge in [0, 0.05) is 48.2 Å². The Morgan fingerprint density at radius 3 is 2.38 bits per heavy atom. The largest absolute Gasteiger partial charge is 0.492 e. The highest BCUT2D eigenvalue weighted by atomic mass is 32.2. The summed E-state index contributed by atoms with van der Waals surface area (Å²) in [5.41, 5.74) is 20.7. The number of allylic oxidation sites excluding steroid dienone is 3. The van der Waals surface area contributed by atoms with E-state index in [4.69, 9.17) is 26.9 Å². The quantitative estimate of drug-likeness (QED) is 0.0975. The summed E-state index contributed by atoms with van der Waals surface area (Å²) in [5, 5.41) is 2.57. The molecule has 1 aromatic rings. The average molecular weight is 573 g/mol. The van der Waals surface area contributed by atoms with Gasteiger partial charge in [-0.05, 0) is 57.7 Å². The number of amides is 1. The molecule has 0 unspecified atom stereocenters. The number of benzene rings is 1. The fourth-order valence-corrected chi connectivity index (χ4v) is 3.97. The van der Waals surface area contributed by atoms with Crippen LogP contribution in [0.15, 0.2) is 84.3 Å². The number of hydrogen-bond acceptors (Lipinski definition) is 8. The summed E-state index contributed by atoms with van der Waals surface area (Å²) in [6.45, 7) is 7.01. The summed E-state index contributed by atoms with van der Waals surface area (Å²) >= 11 is 1.41. The number of hydrogen-bond donors (Lipinski definition) is 4. The third-order valence-corrected chi connectivity index (χ3v) is 6.35. The van der Waals surface area contributed by atoms with Crippen LogP contribution in [0.25, 0.3) is 0 Å². The first-order chi connectivity index (χ1) is 19.0. The molecule has 0 saturated carbocycles. The molecule has 0 radical (unpaired) electrons. The molecule has 1 rings (SSSR count). The number of methoxy groups -OCH3 is 1. The molecule has 7 N–H and O–H groups in total. The van der Waals surface area contributed by atoms with Crippen molar-refractivity contribution in [3.8, 4) is 0 Å². The summed E-state index contributed by atoms with van der Waals surface area (Å²) in [6, 6.07) is 4.77. The van der Waals surface area contributed by atoms with Gasteiger partial charge in [-0.3, -0.25) is 9.79 Å². The number of nitrogens with zero attached hydrogens (tertiary/aromatic N) is 4. The lowest BCUT2D eigenvalue weighted by molar-refractivity contribution is -0.119. The fraction of sp³-hybridized carbons (Fsp3) is 0.357. The summed E-state index contributed by atoms with van der Waals surface area (Å²) < 4.78 is 21.1. The number of carbonyl (C=O) groups excluding carboxylic acids is 1. The number of likely N-dealkylation sites (N-methyl/N-ethyl adjacent to an activating group) is 1. The predicted octanol–water partition coefficient (Wildman–Crippen LogP) is 3.82. The van der Waals surface area contributed by atoms with E-state index >= 15 is 4.39 Å². The summed E-state index contributed by atoms with van der Waals surface area (Å²) in [5.74, 6) is -0.234. The molecule has 10 nitrogen and oxygen atoms in total. The van der Waals surface area contributed by atoms with Crippen molar-refractivity contribution in [2.75, 3.05) is 38.9 Å². The number of carbonyl (C=O) groups is 1. The number of anilines is 1. The van der Waals surface area contributed by atoms with Gasteiger partial charge in [0.2, 0.25) is 5.91 Å². The summed E-state index contributed by atoms with van der Waals surface area (Å²) in [6.07, 6.45) is 6.99. The van der Waals surface area contributed by atoms with E-state index in [-0.39, 0.29) is 41.4 Å². The minimum atomic E-state index is -0.512. The van der Waals surface area contributed by atoms with Crippen molar-refractivity contribution in [3.05, 3.63) is 70.3 Å². The Kier molecular flexibility index (Phi) is 14.3. The molecule has 0 saturated heterocycles. The van der Waals surface area contributed by atoms with Gasteiger partial charge >= 0.3 is 0 Å². The number of aliphatic imine (C=N–C) groups is 3. The zero-order valence-electron chi connectivity index (χ0n) is 24.5. The molecule has 0 bridgehead atoms. The number of nitrogens with one attached hydrogen (secondary N) is 1. The average Bonchev–Trinajstić information content (AvgIpc) is 2.92. The second kappa shape index (κ2) is 16.8. The predicted molar refractivity (Wildman–Crippen MR) is 166 cm³/mol. The molecule has 0 heterocycles. The van der Waals surface area contributed by atoms with Crippen molar-refractivity contribution in [2.24, 2.45) is 32.2 Å². The number of halogens is 1. The number of nitrogens with two attached hydrogens (primary N) is 3. The van der Waals surface area contributed by atoms with E-state index in [0.717, 1.165) is 10.5 Å². The maximum Gasteiger partial charge on any atom is 0.239 e. The molecule has 0 aliphatic carbocycles. The lowest BCUT2D eigenvalue weighted by Gasteiger charge is -2.25. The fourth-order valence-electron chi connectivity index (χ4n) is 3.54. The maximum atomic E-state index is 15.2. The van der Waals surface area contributed by atoms with Crippen LogP contribution in [0.4, 0.5) is 10.1 Å². The molecule has 218 valence electrons. The SMILES string of the molecule is CC/C(C)=C(C(\C=NC)=C\N)/C(OC)=C(/N=C(N)\C=C(\C)N)\N=C(/C)N(CC(=O)NC)c1ccc(SC)cc1F. The van der Waals surface area contributed by atoms with E-state index in [1.165, 1.54) is 49.2 Å². The Bertz CT molecular complexity index is 1270. The number of rotatable bonds is 12. The van der Waals surface area contributed by atoms with Crippen molar-refractivity contribution >= 4 is 41.2 Å². The number of thioether (sulfide) groups is 1. The van der Waals surface area contributed by atoms with Crippen molar-refractivity contribution in [2.45, 2.75) is 39.0 Å². The van der Waals surface area contributed by atoms with Gasteiger partial charge in [0.25, 0.3) is 0 Å². The van der Waals surface area contributed by atoms with Crippen LogP contribution in [-0.2, 0) is 9.53 Å². The highest BCUT2D eigenvalue weighted by Crippen LogP contribution is 2.30. The number of ether oxygens (including phenoxy) is 1. The normalized spacial score (nSPS) is 14.6. The van der Waals surface area contributed by atoms with Gasteiger partial charge in [-0.15, -0.1) is 11.8 Å². The minimum Gasteiger partial charge on any atom is -0.492 e. The highest BCUT2D eigenvalue weighted by Gasteiger charge is 2.22. The molecule has 0 aromatic heterocycles. The second-order valence-electron chi connectivity index (χ2n) is 8.54. The molecule has 0 aliphatic rings. The lowest BCUT2D eigenvalue weighted by atomic mass is 9.98. The topological polar surface area (TPSA) is 157 Å². The highest BCUT2D eigenvalue weighted by molar-refractivity contribution is 7.98. The lowest BCUT2D eigenvalue weighted by Crippen LogP contribution is -2.39. The zero-order valence-corrected chi connectivity index (χ0v) is 25.3. The molecule has 12 heteroatoms. The Morgan fingerprint density at radius 1 is 1.23 bits per heavy atom. The van der Waals surface area contributed by atoms with E-state index in [9.17, 15) is 4.79 Å². The van der Waals surface area contributed by atoms with Gasteiger partial charge in [-0.1, -0.05) is 12.5 Å². The van der Waals surface area contributed by atoms with Crippen LogP contribution in [0.5, 0.6) is 0 Å². The Labute approximate surface area is 240 Å². The van der Waals surface area contributed by atoms with Crippen LogP contribution in [-0.4, -0.2) is 57.8 Å². The first-order valence-electron chi connectivity index (χ1n) is 12.4. The van der Waals surface area contributed by atoms with Crippen LogP contribution in [0.2, 0.25) is 0 Å². The van der Waals surface area contributed by atoms with Crippen LogP contribution >= 0.6 is 11.8 Å². The molecular formula is C28H41FN8O2S. The first kappa shape index (κ1) is 34.0. The van der Waals surface area contributed by atoms with E-state index < -0.39 is 5.82 Å². The molecule has 1 amide bonds. The summed E-state index contributed by atoms with van der Waals surface area (Å²) in [4.78, 5) is 28.0. The van der Waals surface area contributed by atoms with Crippen LogP contribution in [0.3, 0.4) is 0 Å². The summed E-state index contributed by atoms with van der Waals surface area (Å²) in [7, 11) is 4.60. The van der Waals surface area contributed by atoms with Crippen LogP contribution in [0.1, 0.15) is 34.1 Å². The van der Waals surface area contributed by atoms with Crippen molar-refractivity contribution in [1.29, 1.82) is 0 Å². The first-order valence-corrected chi connectivity index (χ1v) is 13.7. The molecule has 0 aliphatic heterocycles. The second-order valence-corrected chi connectivity index (χ2v) is 9.42. The van der Waals surface area contributed by atoms with Crippen molar-refractivity contribution in [3.63, 3.8) is 0 Å². The van der Waals surface area contributed by atoms with E-state index in [1.54, 1.807) is 39.2 Å². The third kappa shape index (κ3) is 9.60. The minimum absolute atomic E-state index is 0.0599. The molecule has 0 spiro atoms. The molecule has 0 fully saturated rings. The van der Waals surface area contributed by atoms with E-state index in [2.05, 4.69) is 15.3 Å². The Hall–Kier alpha value is -4.06. The van der Waals surface area contributed by atoms with Gasteiger partial charge in [-0.2, -0.15) is 0 Å². The van der Waals surface area contributed by atoms with Gasteiger partial charge in [0.15, 0.2) is 11.6 Å². The smallest absolute Gasteiger partial charge is 0.239 e. The van der Waals surface area contributed by atoms with Gasteiger partial charge in [-0.25, -0.2) is 14.4 Å². The van der Waals surface area contributed by atoms with Crippen molar-refractivity contribution in [1.82, 2.24) is 5.32 Å². The molecule has 0 atom stereocenters. The molecule has 1 aromatic carbocycles. The molecule has 40 heavy (non-hydrogen) atoms. The Morgan fingerprint density at radius 2 is 1.90 bits per heavy atom. The number of amidine groups is 2.